The Morgan fingerprint density at radius 1 is 1.00 bits per heavy atom. The molecule has 1 amide bonds. The first-order valence-corrected chi connectivity index (χ1v) is 10.3. The molecule has 0 fully saturated rings. The molecule has 0 unspecified atom stereocenters. The molecule has 0 atom stereocenters. The number of carbonyl (C=O) groups is 1. The number of nitrogens with zero attached hydrogens (tertiary/aromatic N) is 2. The van der Waals surface area contributed by atoms with Crippen LogP contribution in [0.15, 0.2) is 59.4 Å². The molecule has 8 nitrogen and oxygen atoms in total. The van der Waals surface area contributed by atoms with Crippen LogP contribution in [0.3, 0.4) is 0 Å². The molecular formula is C19H20N4O4S. The smallest absolute Gasteiger partial charge is 0.295 e. The Hall–Kier alpha value is -3.33. The van der Waals surface area contributed by atoms with Gasteiger partial charge < -0.3 is 5.32 Å². The zero-order chi connectivity index (χ0) is 20.5. The summed E-state index contributed by atoms with van der Waals surface area (Å²) in [4.78, 5) is 25.7. The minimum absolute atomic E-state index is 0.113. The van der Waals surface area contributed by atoms with Crippen molar-refractivity contribution >= 4 is 27.3 Å². The zero-order valence-electron chi connectivity index (χ0n) is 15.6. The van der Waals surface area contributed by atoms with Crippen molar-refractivity contribution in [1.29, 1.82) is 0 Å². The van der Waals surface area contributed by atoms with E-state index in [4.69, 9.17) is 0 Å². The Morgan fingerprint density at radius 3 is 2.25 bits per heavy atom. The van der Waals surface area contributed by atoms with Crippen LogP contribution >= 0.6 is 0 Å². The Balaban J connectivity index is 2.00. The van der Waals surface area contributed by atoms with E-state index >= 15 is 0 Å². The highest BCUT2D eigenvalue weighted by Gasteiger charge is 2.20. The van der Waals surface area contributed by atoms with Crippen molar-refractivity contribution in [3.63, 3.8) is 0 Å². The van der Waals surface area contributed by atoms with Crippen LogP contribution in [0.25, 0.3) is 5.69 Å². The van der Waals surface area contributed by atoms with Crippen LogP contribution in [0.4, 0.5) is 11.4 Å². The van der Waals surface area contributed by atoms with Crippen LogP contribution < -0.4 is 15.6 Å². The maximum Gasteiger partial charge on any atom is 0.295 e. The summed E-state index contributed by atoms with van der Waals surface area (Å²) >= 11 is 0. The number of carbonyl (C=O) groups excluding carboxylic acids is 1. The maximum absolute atomic E-state index is 12.9. The second kappa shape index (κ2) is 7.35. The van der Waals surface area contributed by atoms with Crippen LogP contribution in [-0.4, -0.2) is 29.9 Å². The summed E-state index contributed by atoms with van der Waals surface area (Å²) in [6.45, 7) is 1.72. The van der Waals surface area contributed by atoms with Crippen LogP contribution in [0.1, 0.15) is 16.1 Å². The number of nitrogens with one attached hydrogen (secondary N) is 2. The predicted molar refractivity (Wildman–Crippen MR) is 109 cm³/mol. The number of benzene rings is 2. The molecule has 1 aromatic heterocycles. The lowest BCUT2D eigenvalue weighted by Gasteiger charge is -2.10. The molecule has 0 aliphatic carbocycles. The molecule has 9 heteroatoms. The van der Waals surface area contributed by atoms with Crippen molar-refractivity contribution in [3.05, 3.63) is 76.2 Å². The molecule has 0 saturated carbocycles. The first-order valence-electron chi connectivity index (χ1n) is 8.41. The van der Waals surface area contributed by atoms with E-state index in [1.54, 1.807) is 42.9 Å². The van der Waals surface area contributed by atoms with Gasteiger partial charge in [-0.2, -0.15) is 0 Å². The molecular weight excluding hydrogens is 380 g/mol. The fourth-order valence-corrected chi connectivity index (χ4v) is 3.44. The highest BCUT2D eigenvalue weighted by Crippen LogP contribution is 2.19. The Morgan fingerprint density at radius 2 is 1.61 bits per heavy atom. The highest BCUT2D eigenvalue weighted by molar-refractivity contribution is 7.92. The molecule has 2 aromatic carbocycles. The third-order valence-corrected chi connectivity index (χ3v) is 4.85. The first kappa shape index (κ1) is 19.4. The quantitative estimate of drug-likeness (QED) is 0.685. The fraction of sp³-hybridized carbons (Fsp3) is 0.158. The van der Waals surface area contributed by atoms with Crippen LogP contribution in [0.5, 0.6) is 0 Å². The molecule has 0 spiro atoms. The predicted octanol–water partition coefficient (Wildman–Crippen LogP) is 2.11. The van der Waals surface area contributed by atoms with Crippen molar-refractivity contribution < 1.29 is 13.2 Å². The number of sulfonamides is 1. The normalized spacial score (nSPS) is 11.2. The van der Waals surface area contributed by atoms with Gasteiger partial charge in [0.05, 0.1) is 28.9 Å². The van der Waals surface area contributed by atoms with Crippen LogP contribution in [0.2, 0.25) is 0 Å². The number of hydrogen-bond donors (Lipinski definition) is 2. The van der Waals surface area contributed by atoms with Crippen LogP contribution in [0, 0.1) is 6.92 Å². The lowest BCUT2D eigenvalue weighted by molar-refractivity contribution is 0.102. The Kier molecular flexibility index (Phi) is 5.10. The van der Waals surface area contributed by atoms with Gasteiger partial charge in [-0.1, -0.05) is 30.3 Å². The topological polar surface area (TPSA) is 102 Å². The maximum atomic E-state index is 12.9. The van der Waals surface area contributed by atoms with Gasteiger partial charge in [0.25, 0.3) is 11.5 Å². The summed E-state index contributed by atoms with van der Waals surface area (Å²) in [5.74, 6) is -0.585. The van der Waals surface area contributed by atoms with E-state index in [1.165, 1.54) is 16.8 Å². The molecule has 0 aliphatic rings. The molecule has 1 heterocycles. The second-order valence-corrected chi connectivity index (χ2v) is 8.06. The van der Waals surface area contributed by atoms with Gasteiger partial charge in [-0.25, -0.2) is 13.1 Å². The number of anilines is 2. The summed E-state index contributed by atoms with van der Waals surface area (Å²) in [5, 5.41) is 2.62. The number of rotatable bonds is 5. The van der Waals surface area contributed by atoms with E-state index in [-0.39, 0.29) is 22.5 Å². The number of aromatic nitrogens is 2. The highest BCUT2D eigenvalue weighted by atomic mass is 32.2. The van der Waals surface area contributed by atoms with Crippen LogP contribution in [-0.2, 0) is 17.1 Å². The lowest BCUT2D eigenvalue weighted by Crippen LogP contribution is -2.23. The van der Waals surface area contributed by atoms with E-state index in [0.717, 1.165) is 6.26 Å². The summed E-state index contributed by atoms with van der Waals surface area (Å²) in [7, 11) is -1.84. The van der Waals surface area contributed by atoms with E-state index in [1.807, 2.05) is 18.2 Å². The zero-order valence-corrected chi connectivity index (χ0v) is 16.4. The second-order valence-electron chi connectivity index (χ2n) is 6.31. The summed E-state index contributed by atoms with van der Waals surface area (Å²) < 4.78 is 28.5. The Labute approximate surface area is 162 Å². The number of hydrogen-bond acceptors (Lipinski definition) is 4. The van der Waals surface area contributed by atoms with Crippen molar-refractivity contribution in [1.82, 2.24) is 9.36 Å². The van der Waals surface area contributed by atoms with Gasteiger partial charge in [0, 0.05) is 7.05 Å². The molecule has 0 bridgehead atoms. The largest absolute Gasteiger partial charge is 0.316 e. The van der Waals surface area contributed by atoms with Crippen molar-refractivity contribution in [2.24, 2.45) is 7.05 Å². The molecule has 0 radical (unpaired) electrons. The molecule has 3 rings (SSSR count). The minimum atomic E-state index is -3.56. The van der Waals surface area contributed by atoms with Gasteiger partial charge in [0.2, 0.25) is 10.0 Å². The number of para-hydroxylation sites is 2. The van der Waals surface area contributed by atoms with E-state index in [2.05, 4.69) is 10.0 Å². The Bertz CT molecular complexity index is 1190. The molecule has 0 aliphatic heterocycles. The van der Waals surface area contributed by atoms with Gasteiger partial charge in [0.1, 0.15) is 5.69 Å². The average molecular weight is 400 g/mol. The average Bonchev–Trinajstić information content (AvgIpc) is 2.85. The monoisotopic (exact) mass is 400 g/mol. The molecule has 2 N–H and O–H groups in total. The summed E-state index contributed by atoms with van der Waals surface area (Å²) in [6.07, 6.45) is 1.00. The number of amides is 1. The molecule has 28 heavy (non-hydrogen) atoms. The van der Waals surface area contributed by atoms with Gasteiger partial charge in [0.15, 0.2) is 0 Å². The van der Waals surface area contributed by atoms with E-state index in [9.17, 15) is 18.0 Å². The first-order chi connectivity index (χ1) is 13.2. The summed E-state index contributed by atoms with van der Waals surface area (Å²) in [6, 6.07) is 15.2. The standard InChI is InChI=1S/C19H20N4O4S/c1-13-17(19(25)23(22(13)2)14-9-5-4-6-10-14)20-18(24)15-11-7-8-12-16(15)21-28(3,26)27/h4-12,21H,1-3H3,(H,20,24). The van der Waals surface area contributed by atoms with Gasteiger partial charge in [-0.3, -0.25) is 19.0 Å². The van der Waals surface area contributed by atoms with Crippen molar-refractivity contribution in [3.8, 4) is 5.69 Å². The van der Waals surface area contributed by atoms with Gasteiger partial charge >= 0.3 is 0 Å². The van der Waals surface area contributed by atoms with Crippen molar-refractivity contribution in [2.75, 3.05) is 16.3 Å². The van der Waals surface area contributed by atoms with Crippen molar-refractivity contribution in [2.45, 2.75) is 6.92 Å². The fourth-order valence-electron chi connectivity index (χ4n) is 2.86. The lowest BCUT2D eigenvalue weighted by atomic mass is 10.1. The third-order valence-electron chi connectivity index (χ3n) is 4.26. The van der Waals surface area contributed by atoms with E-state index in [0.29, 0.717) is 11.4 Å². The van der Waals surface area contributed by atoms with E-state index < -0.39 is 15.9 Å². The van der Waals surface area contributed by atoms with Gasteiger partial charge in [-0.05, 0) is 31.2 Å². The SMILES string of the molecule is Cc1c(NC(=O)c2ccccc2NS(C)(=O)=O)c(=O)n(-c2ccccc2)n1C. The third kappa shape index (κ3) is 3.84. The minimum Gasteiger partial charge on any atom is -0.316 e. The summed E-state index contributed by atoms with van der Waals surface area (Å²) in [5.41, 5.74) is 1.23. The molecule has 0 saturated heterocycles. The molecule has 146 valence electrons. The van der Waals surface area contributed by atoms with Gasteiger partial charge in [-0.15, -0.1) is 0 Å². The molecule has 3 aromatic rings.